The quantitative estimate of drug-likeness (QED) is 0.194. The fourth-order valence-electron chi connectivity index (χ4n) is 6.00. The second kappa shape index (κ2) is 10.9. The predicted molar refractivity (Wildman–Crippen MR) is 187 cm³/mol. The zero-order valence-electron chi connectivity index (χ0n) is 24.5. The number of hydrogen-bond donors (Lipinski definition) is 0. The normalized spacial score (nSPS) is 11.5. The molecular weight excluding hydrogens is 585 g/mol. The molecule has 6 heteroatoms. The third-order valence-corrected chi connectivity index (χ3v) is 9.33. The van der Waals surface area contributed by atoms with Crippen LogP contribution in [0.4, 0.5) is 0 Å². The highest BCUT2D eigenvalue weighted by atomic mass is 32.1. The molecule has 216 valence electrons. The molecule has 3 heterocycles. The summed E-state index contributed by atoms with van der Waals surface area (Å²) in [6.07, 6.45) is 0. The van der Waals surface area contributed by atoms with Gasteiger partial charge in [0.15, 0.2) is 23.1 Å². The second-order valence-electron chi connectivity index (χ2n) is 11.1. The van der Waals surface area contributed by atoms with E-state index in [4.69, 9.17) is 24.4 Å². The first-order chi connectivity index (χ1) is 22.8. The molecule has 0 fully saturated rings. The Kier molecular flexibility index (Phi) is 6.25. The molecule has 5 nitrogen and oxygen atoms in total. The maximum atomic E-state index is 6.27. The lowest BCUT2D eigenvalue weighted by molar-refractivity contribution is 0.620. The van der Waals surface area contributed by atoms with Crippen molar-refractivity contribution in [3.05, 3.63) is 146 Å². The zero-order chi connectivity index (χ0) is 30.5. The van der Waals surface area contributed by atoms with Crippen LogP contribution >= 0.6 is 11.3 Å². The molecule has 0 spiro atoms. The average molecular weight is 609 g/mol. The van der Waals surface area contributed by atoms with Crippen molar-refractivity contribution in [2.24, 2.45) is 0 Å². The van der Waals surface area contributed by atoms with Gasteiger partial charge in [-0.1, -0.05) is 115 Å². The highest BCUT2D eigenvalue weighted by Crippen LogP contribution is 2.44. The van der Waals surface area contributed by atoms with Crippen molar-refractivity contribution < 1.29 is 4.42 Å². The highest BCUT2D eigenvalue weighted by molar-refractivity contribution is 7.26. The first-order valence-corrected chi connectivity index (χ1v) is 15.9. The van der Waals surface area contributed by atoms with Crippen LogP contribution < -0.4 is 0 Å². The van der Waals surface area contributed by atoms with E-state index in [1.54, 1.807) is 11.3 Å². The summed E-state index contributed by atoms with van der Waals surface area (Å²) in [5.41, 5.74) is 7.65. The Morgan fingerprint density at radius 2 is 0.913 bits per heavy atom. The molecule has 46 heavy (non-hydrogen) atoms. The van der Waals surface area contributed by atoms with E-state index in [0.29, 0.717) is 23.4 Å². The van der Waals surface area contributed by atoms with Crippen LogP contribution in [0.5, 0.6) is 0 Å². The predicted octanol–water partition coefficient (Wildman–Crippen LogP) is 10.7. The molecule has 6 aromatic carbocycles. The summed E-state index contributed by atoms with van der Waals surface area (Å²) in [5.74, 6) is 2.47. The SMILES string of the molecule is c1ccc(-c2ccc(-c3nc(-c4ccccc4)nc(-c4cccc5sc6cccc(-c7nc8ccccc8o7)c6c45)n3)cc2)cc1. The maximum absolute atomic E-state index is 6.27. The molecule has 9 rings (SSSR count). The van der Waals surface area contributed by atoms with Gasteiger partial charge in [-0.05, 0) is 41.5 Å². The van der Waals surface area contributed by atoms with Gasteiger partial charge in [0.05, 0.1) is 0 Å². The lowest BCUT2D eigenvalue weighted by atomic mass is 10.0. The monoisotopic (exact) mass is 608 g/mol. The summed E-state index contributed by atoms with van der Waals surface area (Å²) in [7, 11) is 0. The minimum atomic E-state index is 0.598. The van der Waals surface area contributed by atoms with Crippen LogP contribution in [0, 0.1) is 0 Å². The molecule has 0 bridgehead atoms. The van der Waals surface area contributed by atoms with E-state index in [-0.39, 0.29) is 0 Å². The van der Waals surface area contributed by atoms with Gasteiger partial charge in [-0.2, -0.15) is 0 Å². The summed E-state index contributed by atoms with van der Waals surface area (Å²) in [6.45, 7) is 0. The van der Waals surface area contributed by atoms with Crippen LogP contribution in [-0.2, 0) is 0 Å². The van der Waals surface area contributed by atoms with E-state index >= 15 is 0 Å². The molecule has 0 aliphatic carbocycles. The molecule has 0 atom stereocenters. The molecule has 3 aromatic heterocycles. The van der Waals surface area contributed by atoms with Gasteiger partial charge >= 0.3 is 0 Å². The Morgan fingerprint density at radius 3 is 1.61 bits per heavy atom. The average Bonchev–Trinajstić information content (AvgIpc) is 3.74. The Hall–Kier alpha value is -5.98. The molecule has 0 aliphatic rings. The van der Waals surface area contributed by atoms with Crippen LogP contribution in [0.2, 0.25) is 0 Å². The number of benzene rings is 6. The third kappa shape index (κ3) is 4.55. The first-order valence-electron chi connectivity index (χ1n) is 15.1. The van der Waals surface area contributed by atoms with Gasteiger partial charge in [-0.25, -0.2) is 19.9 Å². The number of aromatic nitrogens is 4. The zero-order valence-corrected chi connectivity index (χ0v) is 25.3. The Morgan fingerprint density at radius 1 is 0.391 bits per heavy atom. The molecule has 9 aromatic rings. The van der Waals surface area contributed by atoms with Crippen LogP contribution in [-0.4, -0.2) is 19.9 Å². The summed E-state index contributed by atoms with van der Waals surface area (Å²) >= 11 is 1.75. The summed E-state index contributed by atoms with van der Waals surface area (Å²) in [6, 6.07) is 49.4. The molecular formula is C40H24N4OS. The first kappa shape index (κ1) is 26.4. The van der Waals surface area contributed by atoms with Crippen molar-refractivity contribution in [1.29, 1.82) is 0 Å². The third-order valence-electron chi connectivity index (χ3n) is 8.21. The number of rotatable bonds is 5. The van der Waals surface area contributed by atoms with E-state index in [1.165, 1.54) is 5.56 Å². The second-order valence-corrected chi connectivity index (χ2v) is 12.1. The number of nitrogens with zero attached hydrogens (tertiary/aromatic N) is 4. The molecule has 0 radical (unpaired) electrons. The van der Waals surface area contributed by atoms with Crippen LogP contribution in [0.1, 0.15) is 0 Å². The number of hydrogen-bond acceptors (Lipinski definition) is 6. The molecule has 0 amide bonds. The van der Waals surface area contributed by atoms with Gasteiger partial charge in [0.25, 0.3) is 0 Å². The van der Waals surface area contributed by atoms with E-state index in [2.05, 4.69) is 84.9 Å². The largest absolute Gasteiger partial charge is 0.436 e. The fourth-order valence-corrected chi connectivity index (χ4v) is 7.16. The molecule has 0 unspecified atom stereocenters. The molecule has 0 N–H and O–H groups in total. The standard InChI is InChI=1S/C40H24N4OS/c1-3-11-25(12-4-1)26-21-23-28(24-22-26)38-42-37(27-13-5-2-6-14-27)43-39(44-38)29-15-9-19-33-35(29)36-30(16-10-20-34(36)46-33)40-41-31-17-7-8-18-32(31)45-40/h1-24H. The molecule has 0 saturated carbocycles. The van der Waals surface area contributed by atoms with Gasteiger partial charge in [0.1, 0.15) is 5.52 Å². The fraction of sp³-hybridized carbons (Fsp3) is 0. The minimum Gasteiger partial charge on any atom is -0.436 e. The number of oxazole rings is 1. The summed E-state index contributed by atoms with van der Waals surface area (Å²) < 4.78 is 8.57. The van der Waals surface area contributed by atoms with Crippen molar-refractivity contribution in [3.8, 4) is 56.7 Å². The van der Waals surface area contributed by atoms with Crippen molar-refractivity contribution in [2.75, 3.05) is 0 Å². The van der Waals surface area contributed by atoms with Gasteiger partial charge in [0.2, 0.25) is 5.89 Å². The number of para-hydroxylation sites is 2. The number of thiophene rings is 1. The van der Waals surface area contributed by atoms with Gasteiger partial charge in [-0.15, -0.1) is 11.3 Å². The number of fused-ring (bicyclic) bond motifs is 4. The summed E-state index contributed by atoms with van der Waals surface area (Å²) in [4.78, 5) is 20.0. The van der Waals surface area contributed by atoms with Crippen molar-refractivity contribution in [1.82, 2.24) is 19.9 Å². The topological polar surface area (TPSA) is 64.7 Å². The van der Waals surface area contributed by atoms with Gasteiger partial charge < -0.3 is 4.42 Å². The Balaban J connectivity index is 1.26. The molecule has 0 aliphatic heterocycles. The van der Waals surface area contributed by atoms with Gasteiger partial charge in [-0.3, -0.25) is 0 Å². The Labute approximate surface area is 268 Å². The van der Waals surface area contributed by atoms with Crippen LogP contribution in [0.15, 0.2) is 150 Å². The minimum absolute atomic E-state index is 0.598. The summed E-state index contributed by atoms with van der Waals surface area (Å²) in [5, 5.41) is 2.16. The highest BCUT2D eigenvalue weighted by Gasteiger charge is 2.20. The van der Waals surface area contributed by atoms with Crippen molar-refractivity contribution in [2.45, 2.75) is 0 Å². The van der Waals surface area contributed by atoms with Crippen LogP contribution in [0.3, 0.4) is 0 Å². The van der Waals surface area contributed by atoms with E-state index < -0.39 is 0 Å². The van der Waals surface area contributed by atoms with Crippen LogP contribution in [0.25, 0.3) is 88.0 Å². The maximum Gasteiger partial charge on any atom is 0.227 e. The van der Waals surface area contributed by atoms with Gasteiger partial charge in [0, 0.05) is 42.4 Å². The smallest absolute Gasteiger partial charge is 0.227 e. The van der Waals surface area contributed by atoms with E-state index in [0.717, 1.165) is 59.1 Å². The lowest BCUT2D eigenvalue weighted by Crippen LogP contribution is -2.00. The van der Waals surface area contributed by atoms with E-state index in [9.17, 15) is 0 Å². The lowest BCUT2D eigenvalue weighted by Gasteiger charge is -2.10. The Bertz CT molecular complexity index is 2490. The van der Waals surface area contributed by atoms with E-state index in [1.807, 2.05) is 60.7 Å². The van der Waals surface area contributed by atoms with Crippen molar-refractivity contribution in [3.63, 3.8) is 0 Å². The molecule has 0 saturated heterocycles. The van der Waals surface area contributed by atoms with Crippen molar-refractivity contribution >= 4 is 42.6 Å².